The third kappa shape index (κ3) is 2.66. The fraction of sp³-hybridized carbons (Fsp3) is 0.188. The summed E-state index contributed by atoms with van der Waals surface area (Å²) in [4.78, 5) is 5.78. The van der Waals surface area contributed by atoms with Crippen molar-refractivity contribution in [3.63, 3.8) is 0 Å². The van der Waals surface area contributed by atoms with Gasteiger partial charge in [-0.1, -0.05) is 24.3 Å². The van der Waals surface area contributed by atoms with Gasteiger partial charge in [0.25, 0.3) is 0 Å². The van der Waals surface area contributed by atoms with Crippen LogP contribution in [-0.2, 0) is 6.42 Å². The molecule has 4 heteroatoms. The average molecular weight is 284 g/mol. The van der Waals surface area contributed by atoms with Crippen LogP contribution in [0.4, 0.5) is 0 Å². The minimum absolute atomic E-state index is 0.0439. The number of pyridine rings is 1. The number of rotatable bonds is 4. The van der Waals surface area contributed by atoms with Gasteiger partial charge in [-0.25, -0.2) is 0 Å². The highest BCUT2D eigenvalue weighted by Gasteiger charge is 2.11. The molecule has 0 aliphatic carbocycles. The molecular weight excluding hydrogens is 268 g/mol. The SMILES string of the molecule is COc1csc(C(N)Cc2ccc3ccccc3n2)c1. The maximum atomic E-state index is 6.25. The second kappa shape index (κ2) is 5.61. The van der Waals surface area contributed by atoms with Crippen LogP contribution in [0.3, 0.4) is 0 Å². The molecule has 0 bridgehead atoms. The predicted molar refractivity (Wildman–Crippen MR) is 83.2 cm³/mol. The topological polar surface area (TPSA) is 48.1 Å². The van der Waals surface area contributed by atoms with E-state index in [0.29, 0.717) is 0 Å². The van der Waals surface area contributed by atoms with E-state index in [0.717, 1.165) is 33.6 Å². The van der Waals surface area contributed by atoms with Crippen LogP contribution in [0.5, 0.6) is 5.75 Å². The first-order valence-electron chi connectivity index (χ1n) is 6.49. The second-order valence-corrected chi connectivity index (χ2v) is 5.64. The van der Waals surface area contributed by atoms with Gasteiger partial charge in [-0.15, -0.1) is 11.3 Å². The van der Waals surface area contributed by atoms with E-state index < -0.39 is 0 Å². The molecule has 0 radical (unpaired) electrons. The Labute approximate surface area is 122 Å². The fourth-order valence-corrected chi connectivity index (χ4v) is 3.04. The Morgan fingerprint density at radius 2 is 2.10 bits per heavy atom. The molecule has 2 heterocycles. The monoisotopic (exact) mass is 284 g/mol. The molecule has 2 aromatic heterocycles. The quantitative estimate of drug-likeness (QED) is 0.797. The Kier molecular flexibility index (Phi) is 3.67. The maximum Gasteiger partial charge on any atom is 0.129 e. The highest BCUT2D eigenvalue weighted by atomic mass is 32.1. The van der Waals surface area contributed by atoms with Crippen LogP contribution in [0.1, 0.15) is 16.6 Å². The molecule has 0 aliphatic rings. The van der Waals surface area contributed by atoms with Crippen LogP contribution >= 0.6 is 11.3 Å². The molecule has 0 fully saturated rings. The summed E-state index contributed by atoms with van der Waals surface area (Å²) >= 11 is 1.63. The van der Waals surface area contributed by atoms with Crippen molar-refractivity contribution in [1.29, 1.82) is 0 Å². The number of nitrogens with two attached hydrogens (primary N) is 1. The van der Waals surface area contributed by atoms with E-state index in [2.05, 4.69) is 17.1 Å². The van der Waals surface area contributed by atoms with E-state index in [1.807, 2.05) is 35.7 Å². The number of hydrogen-bond donors (Lipinski definition) is 1. The van der Waals surface area contributed by atoms with Crippen molar-refractivity contribution in [3.05, 3.63) is 58.4 Å². The lowest BCUT2D eigenvalue weighted by Crippen LogP contribution is -2.12. The number of methoxy groups -OCH3 is 1. The zero-order valence-corrected chi connectivity index (χ0v) is 12.1. The van der Waals surface area contributed by atoms with Crippen molar-refractivity contribution in [1.82, 2.24) is 4.98 Å². The standard InChI is InChI=1S/C16H16N2OS/c1-19-13-9-16(20-10-13)14(17)8-12-7-6-11-4-2-3-5-15(11)18-12/h2-7,9-10,14H,8,17H2,1H3. The summed E-state index contributed by atoms with van der Waals surface area (Å²) in [5.74, 6) is 0.868. The highest BCUT2D eigenvalue weighted by Crippen LogP contribution is 2.27. The number of benzene rings is 1. The Morgan fingerprint density at radius 1 is 1.25 bits per heavy atom. The molecule has 0 amide bonds. The summed E-state index contributed by atoms with van der Waals surface area (Å²) in [6.45, 7) is 0. The first-order valence-corrected chi connectivity index (χ1v) is 7.37. The second-order valence-electron chi connectivity index (χ2n) is 4.69. The summed E-state index contributed by atoms with van der Waals surface area (Å²) in [6.07, 6.45) is 0.731. The molecule has 1 atom stereocenters. The van der Waals surface area contributed by atoms with Crippen LogP contribution in [-0.4, -0.2) is 12.1 Å². The summed E-state index contributed by atoms with van der Waals surface area (Å²) < 4.78 is 5.19. The molecule has 3 rings (SSSR count). The molecule has 0 saturated heterocycles. The van der Waals surface area contributed by atoms with Crippen molar-refractivity contribution >= 4 is 22.2 Å². The summed E-state index contributed by atoms with van der Waals surface area (Å²) in [7, 11) is 1.67. The van der Waals surface area contributed by atoms with Crippen molar-refractivity contribution in [2.24, 2.45) is 5.73 Å². The van der Waals surface area contributed by atoms with E-state index in [1.165, 1.54) is 0 Å². The summed E-state index contributed by atoms with van der Waals surface area (Å²) in [6, 6.07) is 14.2. The molecule has 2 N–H and O–H groups in total. The Hall–Kier alpha value is -1.91. The molecule has 0 saturated carbocycles. The Morgan fingerprint density at radius 3 is 2.90 bits per heavy atom. The Balaban J connectivity index is 1.81. The summed E-state index contributed by atoms with van der Waals surface area (Å²) in [5, 5.41) is 3.13. The van der Waals surface area contributed by atoms with Gasteiger partial charge in [0.1, 0.15) is 5.75 Å². The van der Waals surface area contributed by atoms with Gasteiger partial charge < -0.3 is 10.5 Å². The van der Waals surface area contributed by atoms with Gasteiger partial charge in [0, 0.05) is 33.8 Å². The number of hydrogen-bond acceptors (Lipinski definition) is 4. The molecular formula is C16H16N2OS. The number of nitrogens with zero attached hydrogens (tertiary/aromatic N) is 1. The maximum absolute atomic E-state index is 6.25. The zero-order chi connectivity index (χ0) is 13.9. The molecule has 3 nitrogen and oxygen atoms in total. The average Bonchev–Trinajstić information content (AvgIpc) is 2.96. The number of aromatic nitrogens is 1. The van der Waals surface area contributed by atoms with Gasteiger partial charge in [-0.3, -0.25) is 4.98 Å². The highest BCUT2D eigenvalue weighted by molar-refractivity contribution is 7.10. The molecule has 0 aliphatic heterocycles. The van der Waals surface area contributed by atoms with Gasteiger partial charge in [0.15, 0.2) is 0 Å². The third-order valence-electron chi connectivity index (χ3n) is 3.28. The molecule has 3 aromatic rings. The van der Waals surface area contributed by atoms with Gasteiger partial charge in [0.05, 0.1) is 12.6 Å². The Bertz CT molecular complexity index is 723. The van der Waals surface area contributed by atoms with Crippen molar-refractivity contribution < 1.29 is 4.74 Å². The van der Waals surface area contributed by atoms with Crippen molar-refractivity contribution in [2.75, 3.05) is 7.11 Å². The lowest BCUT2D eigenvalue weighted by Gasteiger charge is -2.09. The van der Waals surface area contributed by atoms with Crippen LogP contribution in [0.15, 0.2) is 47.8 Å². The van der Waals surface area contributed by atoms with Crippen LogP contribution < -0.4 is 10.5 Å². The lowest BCUT2D eigenvalue weighted by atomic mass is 10.1. The zero-order valence-electron chi connectivity index (χ0n) is 11.2. The number of para-hydroxylation sites is 1. The van der Waals surface area contributed by atoms with Crippen LogP contribution in [0.2, 0.25) is 0 Å². The minimum atomic E-state index is -0.0439. The van der Waals surface area contributed by atoms with Gasteiger partial charge in [-0.2, -0.15) is 0 Å². The first-order chi connectivity index (χ1) is 9.76. The van der Waals surface area contributed by atoms with E-state index in [1.54, 1.807) is 18.4 Å². The fourth-order valence-electron chi connectivity index (χ4n) is 2.18. The molecule has 1 aromatic carbocycles. The van der Waals surface area contributed by atoms with Crippen LogP contribution in [0.25, 0.3) is 10.9 Å². The first kappa shape index (κ1) is 13.1. The largest absolute Gasteiger partial charge is 0.496 e. The normalized spacial score (nSPS) is 12.5. The molecule has 0 spiro atoms. The molecule has 20 heavy (non-hydrogen) atoms. The van der Waals surface area contributed by atoms with Crippen molar-refractivity contribution in [2.45, 2.75) is 12.5 Å². The lowest BCUT2D eigenvalue weighted by molar-refractivity contribution is 0.416. The summed E-state index contributed by atoms with van der Waals surface area (Å²) in [5.41, 5.74) is 8.29. The van der Waals surface area contributed by atoms with Gasteiger partial charge in [-0.05, 0) is 18.2 Å². The number of ether oxygens (including phenoxy) is 1. The third-order valence-corrected chi connectivity index (χ3v) is 4.32. The molecule has 102 valence electrons. The van der Waals surface area contributed by atoms with Gasteiger partial charge in [0.2, 0.25) is 0 Å². The number of fused-ring (bicyclic) bond motifs is 1. The smallest absolute Gasteiger partial charge is 0.129 e. The number of thiophene rings is 1. The van der Waals surface area contributed by atoms with E-state index in [-0.39, 0.29) is 6.04 Å². The van der Waals surface area contributed by atoms with Crippen LogP contribution in [0, 0.1) is 0 Å². The minimum Gasteiger partial charge on any atom is -0.496 e. The molecule has 1 unspecified atom stereocenters. The van der Waals surface area contributed by atoms with E-state index >= 15 is 0 Å². The van der Waals surface area contributed by atoms with E-state index in [4.69, 9.17) is 10.5 Å². The van der Waals surface area contributed by atoms with Crippen molar-refractivity contribution in [3.8, 4) is 5.75 Å². The predicted octanol–water partition coefficient (Wildman–Crippen LogP) is 3.55. The van der Waals surface area contributed by atoms with E-state index in [9.17, 15) is 0 Å². The van der Waals surface area contributed by atoms with Gasteiger partial charge >= 0.3 is 0 Å².